The summed E-state index contributed by atoms with van der Waals surface area (Å²) in [5, 5.41) is 0. The third-order valence-electron chi connectivity index (χ3n) is 4.21. The van der Waals surface area contributed by atoms with E-state index in [4.69, 9.17) is 15.2 Å². The van der Waals surface area contributed by atoms with Crippen LogP contribution in [0.25, 0.3) is 0 Å². The van der Waals surface area contributed by atoms with Gasteiger partial charge in [-0.15, -0.1) is 12.4 Å². The zero-order chi connectivity index (χ0) is 21.6. The van der Waals surface area contributed by atoms with Gasteiger partial charge in [-0.05, 0) is 48.9 Å². The summed E-state index contributed by atoms with van der Waals surface area (Å²) in [6, 6.07) is 20.0. The minimum absolute atomic E-state index is 0. The first-order valence-corrected chi connectivity index (χ1v) is 9.32. The smallest absolute Gasteiger partial charge is 0.379 e. The van der Waals surface area contributed by atoms with Gasteiger partial charge in [0.2, 0.25) is 0 Å². The van der Waals surface area contributed by atoms with Crippen LogP contribution < -0.4 is 15.2 Å². The molecule has 31 heavy (non-hydrogen) atoms. The fourth-order valence-corrected chi connectivity index (χ4v) is 2.68. The van der Waals surface area contributed by atoms with Crippen molar-refractivity contribution < 1.29 is 27.8 Å². The lowest BCUT2D eigenvalue weighted by Gasteiger charge is -2.23. The second-order valence-corrected chi connectivity index (χ2v) is 6.36. The van der Waals surface area contributed by atoms with E-state index in [1.807, 2.05) is 12.1 Å². The molecule has 0 heterocycles. The molecule has 0 saturated heterocycles. The van der Waals surface area contributed by atoms with Crippen LogP contribution in [0.2, 0.25) is 0 Å². The van der Waals surface area contributed by atoms with Crippen molar-refractivity contribution in [1.82, 2.24) is 0 Å². The third-order valence-corrected chi connectivity index (χ3v) is 4.21. The van der Waals surface area contributed by atoms with Gasteiger partial charge in [0.05, 0.1) is 6.61 Å². The van der Waals surface area contributed by atoms with Crippen molar-refractivity contribution in [3.8, 4) is 23.0 Å². The predicted octanol–water partition coefficient (Wildman–Crippen LogP) is 5.89. The van der Waals surface area contributed by atoms with Crippen LogP contribution in [0.5, 0.6) is 23.0 Å². The second kappa shape index (κ2) is 10.7. The first kappa shape index (κ1) is 24.1. The molecule has 3 rings (SSSR count). The summed E-state index contributed by atoms with van der Waals surface area (Å²) >= 11 is 0. The summed E-state index contributed by atoms with van der Waals surface area (Å²) < 4.78 is 45.0. The molecule has 0 aliphatic carbocycles. The van der Waals surface area contributed by atoms with E-state index in [1.165, 1.54) is 25.1 Å². The number of carbonyl (C=O) groups is 1. The number of para-hydroxylation sites is 2. The van der Waals surface area contributed by atoms with Crippen molar-refractivity contribution in [3.63, 3.8) is 0 Å². The molecule has 8 heteroatoms. The van der Waals surface area contributed by atoms with E-state index < -0.39 is 17.9 Å². The summed E-state index contributed by atoms with van der Waals surface area (Å²) in [7, 11) is 0. The van der Waals surface area contributed by atoms with Crippen molar-refractivity contribution in [2.24, 2.45) is 5.73 Å². The Balaban J connectivity index is 0.00000341. The quantitative estimate of drug-likeness (QED) is 0.434. The number of ether oxygens (including phenoxy) is 3. The summed E-state index contributed by atoms with van der Waals surface area (Å²) in [6.07, 6.45) is 0. The molecule has 0 aromatic heterocycles. The third kappa shape index (κ3) is 5.93. The van der Waals surface area contributed by atoms with Crippen molar-refractivity contribution in [3.05, 3.63) is 84.4 Å². The van der Waals surface area contributed by atoms with Crippen LogP contribution in [0.3, 0.4) is 0 Å². The maximum atomic E-state index is 14.4. The van der Waals surface area contributed by atoms with Crippen LogP contribution in [0.1, 0.15) is 18.5 Å². The van der Waals surface area contributed by atoms with Gasteiger partial charge in [-0.2, -0.15) is 8.78 Å². The Bertz CT molecular complexity index is 987. The molecule has 1 atom stereocenters. The van der Waals surface area contributed by atoms with Gasteiger partial charge in [0.15, 0.2) is 11.5 Å². The first-order chi connectivity index (χ1) is 14.4. The van der Waals surface area contributed by atoms with E-state index in [2.05, 4.69) is 4.74 Å². The van der Waals surface area contributed by atoms with E-state index in [1.54, 1.807) is 48.5 Å². The zero-order valence-electron chi connectivity index (χ0n) is 16.7. The van der Waals surface area contributed by atoms with Crippen molar-refractivity contribution in [2.75, 3.05) is 6.61 Å². The molecule has 2 N–H and O–H groups in total. The summed E-state index contributed by atoms with van der Waals surface area (Å²) in [5.41, 5.74) is 5.72. The van der Waals surface area contributed by atoms with E-state index in [0.717, 1.165) is 0 Å². The highest BCUT2D eigenvalue weighted by atomic mass is 35.5. The largest absolute Gasteiger partial charge is 0.462 e. The Kier molecular flexibility index (Phi) is 8.36. The van der Waals surface area contributed by atoms with E-state index in [9.17, 15) is 13.6 Å². The number of esters is 1. The maximum absolute atomic E-state index is 14.4. The van der Waals surface area contributed by atoms with Crippen LogP contribution in [0, 0.1) is 0 Å². The molecule has 3 aromatic rings. The number of benzene rings is 3. The highest BCUT2D eigenvalue weighted by Gasteiger charge is 2.48. The van der Waals surface area contributed by atoms with E-state index in [-0.39, 0.29) is 30.3 Å². The fourth-order valence-electron chi connectivity index (χ4n) is 2.68. The monoisotopic (exact) mass is 449 g/mol. The lowest BCUT2D eigenvalue weighted by Crippen LogP contribution is -2.41. The van der Waals surface area contributed by atoms with Crippen LogP contribution in [-0.2, 0) is 9.53 Å². The average Bonchev–Trinajstić information content (AvgIpc) is 2.76. The minimum atomic E-state index is -3.90. The Morgan fingerprint density at radius 3 is 1.94 bits per heavy atom. The van der Waals surface area contributed by atoms with Gasteiger partial charge < -0.3 is 19.9 Å². The molecule has 0 saturated carbocycles. The Morgan fingerprint density at radius 2 is 1.42 bits per heavy atom. The number of hydrogen-bond acceptors (Lipinski definition) is 5. The molecule has 0 aliphatic rings. The number of nitrogens with two attached hydrogens (primary N) is 1. The zero-order valence-corrected chi connectivity index (χ0v) is 17.5. The summed E-state index contributed by atoms with van der Waals surface area (Å²) in [6.45, 7) is 1.27. The number of alkyl halides is 2. The van der Waals surface area contributed by atoms with Gasteiger partial charge in [0, 0.05) is 0 Å². The standard InChI is InChI=1S/C23H21F2NO4.ClH/c1-2-28-22(27)23(24,25)21(26)16-13-14-19(29-17-9-5-3-6-10-17)20(15-16)30-18-11-7-4-8-12-18;/h3-15,21H,2,26H2,1H3;1H/t21-;/m0./s1. The van der Waals surface area contributed by atoms with E-state index in [0.29, 0.717) is 17.2 Å². The first-order valence-electron chi connectivity index (χ1n) is 9.32. The van der Waals surface area contributed by atoms with Gasteiger partial charge >= 0.3 is 11.9 Å². The molecule has 3 aromatic carbocycles. The number of rotatable bonds is 8. The Hall–Kier alpha value is -3.16. The molecule has 0 amide bonds. The van der Waals surface area contributed by atoms with Crippen molar-refractivity contribution in [1.29, 1.82) is 0 Å². The molecule has 164 valence electrons. The maximum Gasteiger partial charge on any atom is 0.379 e. The molecule has 0 aliphatic heterocycles. The topological polar surface area (TPSA) is 70.8 Å². The number of halogens is 3. The van der Waals surface area contributed by atoms with Crippen LogP contribution in [0.4, 0.5) is 8.78 Å². The van der Waals surface area contributed by atoms with Crippen molar-refractivity contribution in [2.45, 2.75) is 18.9 Å². The summed E-state index contributed by atoms with van der Waals surface area (Å²) in [5.74, 6) is -4.06. The number of carbonyl (C=O) groups excluding carboxylic acids is 1. The van der Waals surface area contributed by atoms with Gasteiger partial charge in [0.25, 0.3) is 0 Å². The average molecular weight is 450 g/mol. The Morgan fingerprint density at radius 1 is 0.903 bits per heavy atom. The fraction of sp³-hybridized carbons (Fsp3) is 0.174. The van der Waals surface area contributed by atoms with Crippen LogP contribution in [0.15, 0.2) is 78.9 Å². The molecular weight excluding hydrogens is 428 g/mol. The second-order valence-electron chi connectivity index (χ2n) is 6.36. The van der Waals surface area contributed by atoms with Crippen LogP contribution >= 0.6 is 12.4 Å². The molecule has 5 nitrogen and oxygen atoms in total. The highest BCUT2D eigenvalue weighted by molar-refractivity contribution is 5.85. The van der Waals surface area contributed by atoms with Gasteiger partial charge in [-0.25, -0.2) is 4.79 Å². The highest BCUT2D eigenvalue weighted by Crippen LogP contribution is 2.39. The molecule has 0 fully saturated rings. The molecule has 0 bridgehead atoms. The predicted molar refractivity (Wildman–Crippen MR) is 115 cm³/mol. The van der Waals surface area contributed by atoms with Crippen molar-refractivity contribution >= 4 is 18.4 Å². The molecule has 0 unspecified atom stereocenters. The molecular formula is C23H22ClF2NO4. The van der Waals surface area contributed by atoms with Gasteiger partial charge in [0.1, 0.15) is 17.5 Å². The van der Waals surface area contributed by atoms with Crippen LogP contribution in [-0.4, -0.2) is 18.5 Å². The number of hydrogen-bond donors (Lipinski definition) is 1. The lowest BCUT2D eigenvalue weighted by molar-refractivity contribution is -0.174. The minimum Gasteiger partial charge on any atom is -0.462 e. The SMILES string of the molecule is CCOC(=O)C(F)(F)[C@@H](N)c1ccc(Oc2ccccc2)c(Oc2ccccc2)c1.Cl. The van der Waals surface area contributed by atoms with Gasteiger partial charge in [-0.3, -0.25) is 0 Å². The van der Waals surface area contributed by atoms with E-state index >= 15 is 0 Å². The lowest BCUT2D eigenvalue weighted by atomic mass is 10.0. The molecule has 0 spiro atoms. The summed E-state index contributed by atoms with van der Waals surface area (Å²) in [4.78, 5) is 11.7. The molecule has 0 radical (unpaired) electrons. The van der Waals surface area contributed by atoms with Gasteiger partial charge in [-0.1, -0.05) is 42.5 Å². The Labute approximate surface area is 185 Å². The normalized spacial score (nSPS) is 11.7.